The van der Waals surface area contributed by atoms with E-state index in [0.29, 0.717) is 4.67 Å². The molecule has 1 aromatic heterocycles. The van der Waals surface area contributed by atoms with Crippen molar-refractivity contribution in [2.24, 2.45) is 0 Å². The van der Waals surface area contributed by atoms with Gasteiger partial charge in [-0.2, -0.15) is 0 Å². The van der Waals surface area contributed by atoms with Crippen molar-refractivity contribution in [1.29, 1.82) is 0 Å². The second-order valence-corrected chi connectivity index (χ2v) is 5.74. The first kappa shape index (κ1) is 14.0. The van der Waals surface area contributed by atoms with Gasteiger partial charge in [0.1, 0.15) is 11.6 Å². The standard InChI is InChI=1S/C13H12BrFINO/c1-2-17-13(11-5-6-12(14)18-11)9-4-3-8(15)7-10(9)16/h3-7,13,17H,2H2,1H3. The van der Waals surface area contributed by atoms with E-state index in [-0.39, 0.29) is 11.9 Å². The Morgan fingerprint density at radius 1 is 1.39 bits per heavy atom. The number of nitrogens with one attached hydrogen (secondary N) is 1. The van der Waals surface area contributed by atoms with Gasteiger partial charge >= 0.3 is 0 Å². The molecule has 2 nitrogen and oxygen atoms in total. The molecular formula is C13H12BrFINO. The SMILES string of the molecule is CCNC(c1ccc(Br)o1)c1ccc(F)cc1I. The number of benzene rings is 1. The van der Waals surface area contributed by atoms with Gasteiger partial charge in [-0.05, 0) is 74.9 Å². The number of hydrogen-bond donors (Lipinski definition) is 1. The second kappa shape index (κ2) is 6.16. The van der Waals surface area contributed by atoms with Crippen LogP contribution >= 0.6 is 38.5 Å². The van der Waals surface area contributed by atoms with Crippen molar-refractivity contribution in [3.05, 3.63) is 55.7 Å². The van der Waals surface area contributed by atoms with Crippen LogP contribution in [0.5, 0.6) is 0 Å². The molecule has 2 aromatic rings. The Kier molecular flexibility index (Phi) is 4.80. The summed E-state index contributed by atoms with van der Waals surface area (Å²) in [7, 11) is 0. The van der Waals surface area contributed by atoms with Gasteiger partial charge in [-0.25, -0.2) is 4.39 Å². The summed E-state index contributed by atoms with van der Waals surface area (Å²) in [4.78, 5) is 0. The fourth-order valence-corrected chi connectivity index (χ4v) is 2.89. The minimum Gasteiger partial charge on any atom is -0.452 e. The summed E-state index contributed by atoms with van der Waals surface area (Å²) < 4.78 is 20.3. The van der Waals surface area contributed by atoms with Gasteiger partial charge in [0.05, 0.1) is 6.04 Å². The predicted molar refractivity (Wildman–Crippen MR) is 81.0 cm³/mol. The molecular weight excluding hydrogens is 412 g/mol. The molecule has 1 heterocycles. The maximum absolute atomic E-state index is 13.1. The van der Waals surface area contributed by atoms with Gasteiger partial charge in [0.15, 0.2) is 4.67 Å². The summed E-state index contributed by atoms with van der Waals surface area (Å²) >= 11 is 5.44. The summed E-state index contributed by atoms with van der Waals surface area (Å²) in [6.45, 7) is 2.83. The van der Waals surface area contributed by atoms with Gasteiger partial charge < -0.3 is 9.73 Å². The van der Waals surface area contributed by atoms with E-state index in [1.54, 1.807) is 6.07 Å². The molecule has 96 valence electrons. The fourth-order valence-electron chi connectivity index (χ4n) is 1.79. The van der Waals surface area contributed by atoms with Crippen molar-refractivity contribution in [2.75, 3.05) is 6.54 Å². The highest BCUT2D eigenvalue weighted by Crippen LogP contribution is 2.29. The van der Waals surface area contributed by atoms with Crippen LogP contribution in [0.4, 0.5) is 4.39 Å². The first-order valence-electron chi connectivity index (χ1n) is 5.55. The quantitative estimate of drug-likeness (QED) is 0.733. The zero-order valence-corrected chi connectivity index (χ0v) is 13.5. The van der Waals surface area contributed by atoms with Crippen LogP contribution in [0.1, 0.15) is 24.3 Å². The largest absolute Gasteiger partial charge is 0.452 e. The maximum atomic E-state index is 13.1. The van der Waals surface area contributed by atoms with Crippen LogP contribution < -0.4 is 5.32 Å². The highest BCUT2D eigenvalue weighted by molar-refractivity contribution is 14.1. The molecule has 1 aromatic carbocycles. The van der Waals surface area contributed by atoms with Crippen LogP contribution in [-0.4, -0.2) is 6.54 Å². The van der Waals surface area contributed by atoms with E-state index in [0.717, 1.165) is 21.4 Å². The van der Waals surface area contributed by atoms with Crippen LogP contribution in [0.3, 0.4) is 0 Å². The monoisotopic (exact) mass is 423 g/mol. The minimum absolute atomic E-state index is 0.0613. The zero-order chi connectivity index (χ0) is 13.1. The minimum atomic E-state index is -0.223. The van der Waals surface area contributed by atoms with E-state index in [2.05, 4.69) is 43.8 Å². The normalized spacial score (nSPS) is 12.7. The number of halogens is 3. The lowest BCUT2D eigenvalue weighted by atomic mass is 10.0. The van der Waals surface area contributed by atoms with Crippen LogP contribution in [0.25, 0.3) is 0 Å². The van der Waals surface area contributed by atoms with Gasteiger partial charge in [-0.3, -0.25) is 0 Å². The van der Waals surface area contributed by atoms with Crippen LogP contribution in [0.15, 0.2) is 39.4 Å². The number of rotatable bonds is 4. The summed E-state index contributed by atoms with van der Waals surface area (Å²) in [6.07, 6.45) is 0. The molecule has 0 saturated heterocycles. The summed E-state index contributed by atoms with van der Waals surface area (Å²) in [5.74, 6) is 0.590. The summed E-state index contributed by atoms with van der Waals surface area (Å²) in [5, 5.41) is 3.35. The first-order valence-corrected chi connectivity index (χ1v) is 7.42. The predicted octanol–water partition coefficient (Wildman–Crippen LogP) is 4.48. The highest BCUT2D eigenvalue weighted by atomic mass is 127. The Hall–Kier alpha value is -0.400. The smallest absolute Gasteiger partial charge is 0.169 e. The van der Waals surface area contributed by atoms with E-state index in [9.17, 15) is 4.39 Å². The lowest BCUT2D eigenvalue weighted by Gasteiger charge is -2.17. The molecule has 0 spiro atoms. The molecule has 1 atom stereocenters. The fraction of sp³-hybridized carbons (Fsp3) is 0.231. The van der Waals surface area contributed by atoms with Crippen molar-refractivity contribution in [3.63, 3.8) is 0 Å². The third kappa shape index (κ3) is 3.13. The van der Waals surface area contributed by atoms with Crippen LogP contribution in [0.2, 0.25) is 0 Å². The molecule has 2 rings (SSSR count). The highest BCUT2D eigenvalue weighted by Gasteiger charge is 2.19. The van der Waals surface area contributed by atoms with Crippen molar-refractivity contribution in [2.45, 2.75) is 13.0 Å². The molecule has 0 radical (unpaired) electrons. The van der Waals surface area contributed by atoms with Crippen LogP contribution in [-0.2, 0) is 0 Å². The van der Waals surface area contributed by atoms with Gasteiger partial charge in [0, 0.05) is 3.57 Å². The Balaban J connectivity index is 2.41. The molecule has 1 N–H and O–H groups in total. The molecule has 1 unspecified atom stereocenters. The Morgan fingerprint density at radius 2 is 2.17 bits per heavy atom. The Labute approximate surface area is 127 Å². The maximum Gasteiger partial charge on any atom is 0.169 e. The van der Waals surface area contributed by atoms with Gasteiger partial charge in [0.2, 0.25) is 0 Å². The lowest BCUT2D eigenvalue weighted by Crippen LogP contribution is -2.22. The first-order chi connectivity index (χ1) is 8.61. The molecule has 5 heteroatoms. The molecule has 0 aliphatic heterocycles. The van der Waals surface area contributed by atoms with Gasteiger partial charge in [-0.1, -0.05) is 13.0 Å². The number of hydrogen-bond acceptors (Lipinski definition) is 2. The molecule has 0 saturated carbocycles. The Morgan fingerprint density at radius 3 is 2.72 bits per heavy atom. The van der Waals surface area contributed by atoms with Crippen molar-refractivity contribution in [1.82, 2.24) is 5.32 Å². The molecule has 0 fully saturated rings. The van der Waals surface area contributed by atoms with E-state index in [4.69, 9.17) is 4.42 Å². The van der Waals surface area contributed by atoms with Crippen molar-refractivity contribution < 1.29 is 8.81 Å². The van der Waals surface area contributed by atoms with Crippen molar-refractivity contribution in [3.8, 4) is 0 Å². The van der Waals surface area contributed by atoms with E-state index >= 15 is 0 Å². The van der Waals surface area contributed by atoms with Gasteiger partial charge in [0.25, 0.3) is 0 Å². The zero-order valence-electron chi connectivity index (χ0n) is 9.71. The number of furan rings is 1. The average Bonchev–Trinajstić information content (AvgIpc) is 2.73. The lowest BCUT2D eigenvalue weighted by molar-refractivity contribution is 0.436. The van der Waals surface area contributed by atoms with Gasteiger partial charge in [-0.15, -0.1) is 0 Å². The molecule has 0 aliphatic rings. The molecule has 18 heavy (non-hydrogen) atoms. The molecule has 0 bridgehead atoms. The average molecular weight is 424 g/mol. The Bertz CT molecular complexity index is 544. The molecule has 0 amide bonds. The summed E-state index contributed by atoms with van der Waals surface area (Å²) in [6, 6.07) is 8.50. The third-order valence-electron chi connectivity index (χ3n) is 2.56. The summed E-state index contributed by atoms with van der Waals surface area (Å²) in [5.41, 5.74) is 1.01. The molecule has 0 aliphatic carbocycles. The van der Waals surface area contributed by atoms with E-state index < -0.39 is 0 Å². The van der Waals surface area contributed by atoms with E-state index in [1.807, 2.05) is 19.1 Å². The topological polar surface area (TPSA) is 25.2 Å². The van der Waals surface area contributed by atoms with Crippen molar-refractivity contribution >= 4 is 38.5 Å². The second-order valence-electron chi connectivity index (χ2n) is 3.80. The van der Waals surface area contributed by atoms with Crippen LogP contribution in [0, 0.1) is 9.39 Å². The van der Waals surface area contributed by atoms with E-state index in [1.165, 1.54) is 12.1 Å². The third-order valence-corrected chi connectivity index (χ3v) is 3.92.